The lowest BCUT2D eigenvalue weighted by Crippen LogP contribution is -2.08. The third-order valence-corrected chi connectivity index (χ3v) is 6.20. The zero-order valence-corrected chi connectivity index (χ0v) is 18.4. The Balaban J connectivity index is 1.54. The summed E-state index contributed by atoms with van der Waals surface area (Å²) in [6.45, 7) is 0. The summed E-state index contributed by atoms with van der Waals surface area (Å²) in [4.78, 5) is 17.5. The van der Waals surface area contributed by atoms with Crippen LogP contribution in [0.4, 0.5) is 5.69 Å². The second kappa shape index (κ2) is 9.20. The lowest BCUT2D eigenvalue weighted by molar-refractivity contribution is 0.0735. The summed E-state index contributed by atoms with van der Waals surface area (Å²) in [5.74, 6) is 0.974. The monoisotopic (exact) mass is 451 g/mol. The number of rotatable bonds is 6. The van der Waals surface area contributed by atoms with Crippen LogP contribution >= 0.6 is 22.9 Å². The van der Waals surface area contributed by atoms with Crippen molar-refractivity contribution in [2.75, 3.05) is 14.2 Å². The highest BCUT2D eigenvalue weighted by Crippen LogP contribution is 2.37. The van der Waals surface area contributed by atoms with Gasteiger partial charge in [-0.2, -0.15) is 0 Å². The topological polar surface area (TPSA) is 57.1 Å². The van der Waals surface area contributed by atoms with Gasteiger partial charge in [-0.05, 0) is 54.1 Å². The highest BCUT2D eigenvalue weighted by molar-refractivity contribution is 7.21. The quantitative estimate of drug-likeness (QED) is 0.190. The molecular weight excluding hydrogens is 434 g/mol. The number of fused-ring (bicyclic) bond motifs is 1. The predicted molar refractivity (Wildman–Crippen MR) is 125 cm³/mol. The van der Waals surface area contributed by atoms with Crippen LogP contribution in [0.25, 0.3) is 10.1 Å². The molecule has 5 nitrogen and oxygen atoms in total. The molecule has 7 heteroatoms. The number of methoxy groups -OCH3 is 2. The molecule has 0 fully saturated rings. The summed E-state index contributed by atoms with van der Waals surface area (Å²) >= 11 is 7.69. The number of esters is 1. The van der Waals surface area contributed by atoms with Crippen LogP contribution < -0.4 is 14.2 Å². The van der Waals surface area contributed by atoms with Gasteiger partial charge in [0.05, 0.1) is 24.9 Å². The van der Waals surface area contributed by atoms with E-state index in [9.17, 15) is 4.79 Å². The molecule has 31 heavy (non-hydrogen) atoms. The molecule has 0 saturated carbocycles. The van der Waals surface area contributed by atoms with E-state index < -0.39 is 5.97 Å². The molecule has 0 bridgehead atoms. The Morgan fingerprint density at radius 1 is 0.968 bits per heavy atom. The van der Waals surface area contributed by atoms with Crippen molar-refractivity contribution in [1.29, 1.82) is 0 Å². The molecule has 0 atom stereocenters. The lowest BCUT2D eigenvalue weighted by atomic mass is 10.2. The number of aliphatic imine (C=N–C) groups is 1. The van der Waals surface area contributed by atoms with E-state index in [1.807, 2.05) is 48.5 Å². The van der Waals surface area contributed by atoms with E-state index in [1.54, 1.807) is 31.5 Å². The van der Waals surface area contributed by atoms with Gasteiger partial charge in [0, 0.05) is 16.3 Å². The SMILES string of the molecule is COc1ccc(N=Cc2ccc(OC(=O)c3sc4ccccc4c3Cl)c(OC)c2)cc1. The molecule has 0 radical (unpaired) electrons. The van der Waals surface area contributed by atoms with Crippen molar-refractivity contribution in [3.8, 4) is 17.2 Å². The fourth-order valence-corrected chi connectivity index (χ4v) is 4.34. The minimum Gasteiger partial charge on any atom is -0.497 e. The lowest BCUT2D eigenvalue weighted by Gasteiger charge is -2.09. The average molecular weight is 452 g/mol. The summed E-state index contributed by atoms with van der Waals surface area (Å²) in [5, 5.41) is 1.23. The Bertz CT molecular complexity index is 1260. The first-order valence-electron chi connectivity index (χ1n) is 9.34. The van der Waals surface area contributed by atoms with Crippen molar-refractivity contribution < 1.29 is 19.0 Å². The van der Waals surface area contributed by atoms with Crippen LogP contribution in [0.3, 0.4) is 0 Å². The summed E-state index contributed by atoms with van der Waals surface area (Å²) < 4.78 is 17.1. The Kier molecular flexibility index (Phi) is 6.21. The van der Waals surface area contributed by atoms with E-state index in [1.165, 1.54) is 18.4 Å². The van der Waals surface area contributed by atoms with E-state index >= 15 is 0 Å². The molecule has 0 saturated heterocycles. The van der Waals surface area contributed by atoms with E-state index in [2.05, 4.69) is 4.99 Å². The molecule has 1 aromatic heterocycles. The number of thiophene rings is 1. The minimum absolute atomic E-state index is 0.308. The van der Waals surface area contributed by atoms with Crippen molar-refractivity contribution in [2.45, 2.75) is 0 Å². The number of carbonyl (C=O) groups excluding carboxylic acids is 1. The molecule has 4 rings (SSSR count). The van der Waals surface area contributed by atoms with Gasteiger partial charge in [0.25, 0.3) is 0 Å². The summed E-state index contributed by atoms with van der Waals surface area (Å²) in [7, 11) is 3.14. The Morgan fingerprint density at radius 3 is 2.45 bits per heavy atom. The van der Waals surface area contributed by atoms with E-state index in [-0.39, 0.29) is 0 Å². The van der Waals surface area contributed by atoms with Gasteiger partial charge in [-0.15, -0.1) is 11.3 Å². The number of hydrogen-bond acceptors (Lipinski definition) is 6. The van der Waals surface area contributed by atoms with E-state index in [0.29, 0.717) is 21.4 Å². The highest BCUT2D eigenvalue weighted by atomic mass is 35.5. The average Bonchev–Trinajstić information content (AvgIpc) is 3.15. The van der Waals surface area contributed by atoms with Gasteiger partial charge in [-0.3, -0.25) is 4.99 Å². The Labute approximate surface area is 188 Å². The van der Waals surface area contributed by atoms with Crippen molar-refractivity contribution in [3.63, 3.8) is 0 Å². The van der Waals surface area contributed by atoms with Crippen LogP contribution in [0.15, 0.2) is 71.7 Å². The molecule has 0 aliphatic rings. The molecule has 3 aromatic carbocycles. The summed E-state index contributed by atoms with van der Waals surface area (Å²) in [5.41, 5.74) is 1.59. The molecule has 0 unspecified atom stereocenters. The molecule has 156 valence electrons. The maximum atomic E-state index is 12.7. The number of benzene rings is 3. The first kappa shape index (κ1) is 20.9. The number of carbonyl (C=O) groups is 1. The molecule has 0 amide bonds. The van der Waals surface area contributed by atoms with Gasteiger partial charge in [-0.25, -0.2) is 4.79 Å². The number of nitrogens with zero attached hydrogens (tertiary/aromatic N) is 1. The van der Waals surface area contributed by atoms with Gasteiger partial charge >= 0.3 is 5.97 Å². The van der Waals surface area contributed by atoms with Crippen LogP contribution in [-0.4, -0.2) is 26.4 Å². The van der Waals surface area contributed by atoms with Crippen LogP contribution in [0.1, 0.15) is 15.2 Å². The minimum atomic E-state index is -0.524. The van der Waals surface area contributed by atoms with Crippen LogP contribution in [-0.2, 0) is 0 Å². The Hall–Kier alpha value is -3.35. The van der Waals surface area contributed by atoms with Crippen LogP contribution in [0, 0.1) is 0 Å². The fraction of sp³-hybridized carbons (Fsp3) is 0.0833. The van der Waals surface area contributed by atoms with Gasteiger partial charge in [0.2, 0.25) is 0 Å². The van der Waals surface area contributed by atoms with Crippen molar-refractivity contribution in [1.82, 2.24) is 0 Å². The van der Waals surface area contributed by atoms with Gasteiger partial charge in [0.1, 0.15) is 10.6 Å². The second-order valence-electron chi connectivity index (χ2n) is 6.50. The third kappa shape index (κ3) is 4.55. The van der Waals surface area contributed by atoms with Gasteiger partial charge in [0.15, 0.2) is 11.5 Å². The van der Waals surface area contributed by atoms with Crippen LogP contribution in [0.5, 0.6) is 17.2 Å². The predicted octanol–water partition coefficient (Wildman–Crippen LogP) is 6.54. The molecule has 0 aliphatic carbocycles. The first-order valence-corrected chi connectivity index (χ1v) is 10.5. The molecule has 0 N–H and O–H groups in total. The smallest absolute Gasteiger partial charge is 0.355 e. The molecule has 0 spiro atoms. The zero-order chi connectivity index (χ0) is 21.8. The zero-order valence-electron chi connectivity index (χ0n) is 16.8. The maximum Gasteiger partial charge on any atom is 0.355 e. The molecular formula is C24H18ClNO4S. The van der Waals surface area contributed by atoms with Crippen molar-refractivity contribution >= 4 is 50.9 Å². The summed E-state index contributed by atoms with van der Waals surface area (Å²) in [6, 6.07) is 20.2. The molecule has 1 heterocycles. The standard InChI is InChI=1S/C24H18ClNO4S/c1-28-17-10-8-16(9-11-17)26-14-15-7-12-19(20(13-15)29-2)30-24(27)23-22(25)18-5-3-4-6-21(18)31-23/h3-14H,1-2H3. The highest BCUT2D eigenvalue weighted by Gasteiger charge is 2.20. The second-order valence-corrected chi connectivity index (χ2v) is 7.93. The normalized spacial score (nSPS) is 11.1. The molecule has 4 aromatic rings. The largest absolute Gasteiger partial charge is 0.497 e. The first-order chi connectivity index (χ1) is 15.1. The Morgan fingerprint density at radius 2 is 1.74 bits per heavy atom. The van der Waals surface area contributed by atoms with Crippen molar-refractivity contribution in [3.05, 3.63) is 82.2 Å². The van der Waals surface area contributed by atoms with Crippen molar-refractivity contribution in [2.24, 2.45) is 4.99 Å². The number of halogens is 1. The number of ether oxygens (including phenoxy) is 3. The van der Waals surface area contributed by atoms with Gasteiger partial charge in [-0.1, -0.05) is 29.8 Å². The summed E-state index contributed by atoms with van der Waals surface area (Å²) in [6.07, 6.45) is 1.71. The van der Waals surface area contributed by atoms with E-state index in [0.717, 1.165) is 27.1 Å². The van der Waals surface area contributed by atoms with E-state index in [4.69, 9.17) is 25.8 Å². The van der Waals surface area contributed by atoms with Gasteiger partial charge < -0.3 is 14.2 Å². The van der Waals surface area contributed by atoms with Crippen LogP contribution in [0.2, 0.25) is 5.02 Å². The maximum absolute atomic E-state index is 12.7. The molecule has 0 aliphatic heterocycles. The fourth-order valence-electron chi connectivity index (χ4n) is 2.96. The third-order valence-electron chi connectivity index (χ3n) is 4.55. The number of hydrogen-bond donors (Lipinski definition) is 0.